The molecule has 0 spiro atoms. The van der Waals surface area contributed by atoms with Crippen LogP contribution in [0.25, 0.3) is 0 Å². The van der Waals surface area contributed by atoms with Crippen molar-refractivity contribution in [1.82, 2.24) is 19.9 Å². The van der Waals surface area contributed by atoms with Crippen LogP contribution in [-0.4, -0.2) is 50.0 Å². The number of carbonyl (C=O) groups is 2. The van der Waals surface area contributed by atoms with Gasteiger partial charge in [0, 0.05) is 36.3 Å². The van der Waals surface area contributed by atoms with Gasteiger partial charge in [-0.1, -0.05) is 46.8 Å². The molecule has 1 amide bonds. The fourth-order valence-electron chi connectivity index (χ4n) is 6.08. The molecule has 3 aromatic rings. The molecule has 8 nitrogen and oxygen atoms in total. The number of methoxy groups -OCH3 is 1. The standard InChI is InChI=1S/C34H44N4O4/c1-22(2)19-34(31(40)42-33(6,7)8)20-24(27-21-35-16-17-37-27)29(26-12-10-11-15-36-26)38(34)30(39)23-13-14-25(32(3,4)5)28(18-23)41-9/h10-18,21-22,24,29H,19-20H2,1-9H3/t24-,29-,34+/m1/s1. The van der Waals surface area contributed by atoms with E-state index in [0.29, 0.717) is 35.5 Å². The quantitative estimate of drug-likeness (QED) is 0.292. The van der Waals surface area contributed by atoms with E-state index in [9.17, 15) is 9.59 Å². The molecular weight excluding hydrogens is 528 g/mol. The average Bonchev–Trinajstić information content (AvgIpc) is 3.27. The Morgan fingerprint density at radius 1 is 1.00 bits per heavy atom. The number of amides is 1. The number of hydrogen-bond acceptors (Lipinski definition) is 7. The zero-order valence-corrected chi connectivity index (χ0v) is 26.3. The second-order valence-corrected chi connectivity index (χ2v) is 13.6. The minimum atomic E-state index is -1.28. The lowest BCUT2D eigenvalue weighted by Crippen LogP contribution is -2.56. The molecule has 3 atom stereocenters. The molecule has 1 fully saturated rings. The number of likely N-dealkylation sites (tertiary alicyclic amines) is 1. The number of carbonyl (C=O) groups excluding carboxylic acids is 2. The molecule has 0 N–H and O–H groups in total. The Bertz CT molecular complexity index is 1400. The van der Waals surface area contributed by atoms with Crippen LogP contribution >= 0.6 is 0 Å². The lowest BCUT2D eigenvalue weighted by Gasteiger charge is -2.41. The summed E-state index contributed by atoms with van der Waals surface area (Å²) in [7, 11) is 1.61. The van der Waals surface area contributed by atoms with E-state index in [1.54, 1.807) is 42.9 Å². The maximum Gasteiger partial charge on any atom is 0.332 e. The lowest BCUT2D eigenvalue weighted by molar-refractivity contribution is -0.168. The number of aromatic nitrogens is 3. The number of esters is 1. The molecule has 4 rings (SSSR count). The summed E-state index contributed by atoms with van der Waals surface area (Å²) in [6, 6.07) is 10.6. The summed E-state index contributed by atoms with van der Waals surface area (Å²) in [6.07, 6.45) is 7.42. The van der Waals surface area contributed by atoms with E-state index < -0.39 is 23.2 Å². The van der Waals surface area contributed by atoms with E-state index in [1.807, 2.05) is 51.1 Å². The van der Waals surface area contributed by atoms with Gasteiger partial charge >= 0.3 is 5.97 Å². The first kappa shape index (κ1) is 31.1. The highest BCUT2D eigenvalue weighted by Crippen LogP contribution is 2.54. The Hall–Kier alpha value is -3.81. The van der Waals surface area contributed by atoms with E-state index in [0.717, 1.165) is 5.56 Å². The molecule has 0 bridgehead atoms. The highest BCUT2D eigenvalue weighted by molar-refractivity contribution is 5.99. The molecule has 2 aromatic heterocycles. The highest BCUT2D eigenvalue weighted by Gasteiger charge is 2.61. The summed E-state index contributed by atoms with van der Waals surface area (Å²) in [6.45, 7) is 16.0. The van der Waals surface area contributed by atoms with Crippen molar-refractivity contribution in [3.8, 4) is 5.75 Å². The zero-order chi connectivity index (χ0) is 30.9. The van der Waals surface area contributed by atoms with Gasteiger partial charge in [-0.15, -0.1) is 0 Å². The average molecular weight is 573 g/mol. The van der Waals surface area contributed by atoms with Crippen LogP contribution in [0.2, 0.25) is 0 Å². The minimum absolute atomic E-state index is 0.0793. The minimum Gasteiger partial charge on any atom is -0.496 e. The smallest absolute Gasteiger partial charge is 0.332 e. The van der Waals surface area contributed by atoms with E-state index in [2.05, 4.69) is 44.6 Å². The molecule has 1 aromatic carbocycles. The van der Waals surface area contributed by atoms with Gasteiger partial charge in [0.25, 0.3) is 5.91 Å². The summed E-state index contributed by atoms with van der Waals surface area (Å²) >= 11 is 0. The van der Waals surface area contributed by atoms with Gasteiger partial charge in [-0.3, -0.25) is 19.7 Å². The molecule has 224 valence electrons. The largest absolute Gasteiger partial charge is 0.496 e. The number of hydrogen-bond donors (Lipinski definition) is 0. The molecule has 1 aliphatic rings. The molecule has 0 aliphatic carbocycles. The Labute approximate surface area is 249 Å². The van der Waals surface area contributed by atoms with Crippen LogP contribution in [0.3, 0.4) is 0 Å². The monoisotopic (exact) mass is 572 g/mol. The number of pyridine rings is 1. The van der Waals surface area contributed by atoms with Gasteiger partial charge < -0.3 is 14.4 Å². The van der Waals surface area contributed by atoms with Crippen LogP contribution in [0.15, 0.2) is 61.2 Å². The van der Waals surface area contributed by atoms with Crippen molar-refractivity contribution in [1.29, 1.82) is 0 Å². The van der Waals surface area contributed by atoms with E-state index in [-0.39, 0.29) is 23.2 Å². The van der Waals surface area contributed by atoms with Crippen LogP contribution in [0.4, 0.5) is 0 Å². The number of nitrogens with zero attached hydrogens (tertiary/aromatic N) is 4. The number of ether oxygens (including phenoxy) is 2. The summed E-state index contributed by atoms with van der Waals surface area (Å²) in [5.74, 6) is -0.362. The third-order valence-corrected chi connectivity index (χ3v) is 7.63. The van der Waals surface area contributed by atoms with Gasteiger partial charge in [-0.25, -0.2) is 4.79 Å². The SMILES string of the molecule is COc1cc(C(=O)N2[C@@H](c3ccccn3)[C@@H](c3cnccn3)C[C@@]2(CC(C)C)C(=O)OC(C)(C)C)ccc1C(C)(C)C. The van der Waals surface area contributed by atoms with Crippen molar-refractivity contribution in [2.45, 2.75) is 96.7 Å². The van der Waals surface area contributed by atoms with Gasteiger partial charge in [0.1, 0.15) is 16.9 Å². The van der Waals surface area contributed by atoms with Crippen molar-refractivity contribution in [2.24, 2.45) is 5.92 Å². The maximum absolute atomic E-state index is 14.9. The topological polar surface area (TPSA) is 94.5 Å². The summed E-state index contributed by atoms with van der Waals surface area (Å²) in [5.41, 5.74) is 0.568. The van der Waals surface area contributed by atoms with Crippen molar-refractivity contribution in [2.75, 3.05) is 7.11 Å². The second kappa shape index (κ2) is 11.8. The third-order valence-electron chi connectivity index (χ3n) is 7.63. The summed E-state index contributed by atoms with van der Waals surface area (Å²) in [5, 5.41) is 0. The van der Waals surface area contributed by atoms with Crippen molar-refractivity contribution >= 4 is 11.9 Å². The van der Waals surface area contributed by atoms with Crippen molar-refractivity contribution in [3.05, 3.63) is 83.7 Å². The first-order valence-corrected chi connectivity index (χ1v) is 14.6. The molecule has 0 radical (unpaired) electrons. The number of rotatable bonds is 7. The molecule has 0 saturated carbocycles. The molecule has 42 heavy (non-hydrogen) atoms. The van der Waals surface area contributed by atoms with Crippen LogP contribution in [0, 0.1) is 5.92 Å². The molecule has 1 saturated heterocycles. The first-order valence-electron chi connectivity index (χ1n) is 14.6. The van der Waals surface area contributed by atoms with Gasteiger partial charge in [-0.05, 0) is 74.8 Å². The normalized spacial score (nSPS) is 21.0. The van der Waals surface area contributed by atoms with Crippen LogP contribution in [-0.2, 0) is 14.9 Å². The van der Waals surface area contributed by atoms with Crippen LogP contribution in [0.1, 0.15) is 108 Å². The third kappa shape index (κ3) is 6.32. The van der Waals surface area contributed by atoms with Crippen molar-refractivity contribution in [3.63, 3.8) is 0 Å². The molecule has 3 heterocycles. The summed E-state index contributed by atoms with van der Waals surface area (Å²) < 4.78 is 11.9. The molecule has 0 unspecified atom stereocenters. The highest BCUT2D eigenvalue weighted by atomic mass is 16.6. The van der Waals surface area contributed by atoms with Gasteiger partial charge in [0.05, 0.1) is 24.5 Å². The van der Waals surface area contributed by atoms with E-state index in [1.165, 1.54) is 0 Å². The van der Waals surface area contributed by atoms with Gasteiger partial charge in [0.15, 0.2) is 0 Å². The van der Waals surface area contributed by atoms with Gasteiger partial charge in [-0.2, -0.15) is 0 Å². The van der Waals surface area contributed by atoms with E-state index in [4.69, 9.17) is 14.5 Å². The van der Waals surface area contributed by atoms with Crippen LogP contribution in [0.5, 0.6) is 5.75 Å². The van der Waals surface area contributed by atoms with Gasteiger partial charge in [0.2, 0.25) is 0 Å². The Morgan fingerprint density at radius 2 is 1.71 bits per heavy atom. The predicted octanol–water partition coefficient (Wildman–Crippen LogP) is 6.68. The summed E-state index contributed by atoms with van der Waals surface area (Å²) in [4.78, 5) is 44.7. The zero-order valence-electron chi connectivity index (χ0n) is 26.3. The van der Waals surface area contributed by atoms with E-state index >= 15 is 0 Å². The fraction of sp³-hybridized carbons (Fsp3) is 0.500. The second-order valence-electron chi connectivity index (χ2n) is 13.6. The Morgan fingerprint density at radius 3 is 2.26 bits per heavy atom. The molecule has 1 aliphatic heterocycles. The first-order chi connectivity index (χ1) is 19.7. The Kier molecular flexibility index (Phi) is 8.76. The molecular formula is C34H44N4O4. The van der Waals surface area contributed by atoms with Crippen LogP contribution < -0.4 is 4.74 Å². The molecule has 8 heteroatoms. The lowest BCUT2D eigenvalue weighted by atomic mass is 9.82. The Balaban J connectivity index is 2.00. The van der Waals surface area contributed by atoms with Crippen molar-refractivity contribution < 1.29 is 19.1 Å². The predicted molar refractivity (Wildman–Crippen MR) is 162 cm³/mol. The maximum atomic E-state index is 14.9. The fourth-order valence-corrected chi connectivity index (χ4v) is 6.08. The number of benzene rings is 1.